The lowest BCUT2D eigenvalue weighted by Crippen LogP contribution is -2.31. The molecule has 2 heterocycles. The predicted octanol–water partition coefficient (Wildman–Crippen LogP) is 3.16. The number of alkyl halides is 2. The van der Waals surface area contributed by atoms with Crippen molar-refractivity contribution in [1.29, 1.82) is 0 Å². The van der Waals surface area contributed by atoms with Crippen LogP contribution in [0.1, 0.15) is 30.8 Å². The molecule has 11 heteroatoms. The first-order valence-electron chi connectivity index (χ1n) is 8.47. The molecule has 0 saturated carbocycles. The maximum Gasteiger partial charge on any atom is 0.333 e. The van der Waals surface area contributed by atoms with E-state index in [1.165, 1.54) is 13.8 Å². The molecule has 28 heavy (non-hydrogen) atoms. The minimum absolute atomic E-state index is 0.00625. The van der Waals surface area contributed by atoms with Crippen molar-refractivity contribution in [3.05, 3.63) is 47.6 Å². The highest BCUT2D eigenvalue weighted by Gasteiger charge is 2.32. The zero-order chi connectivity index (χ0) is 20.5. The lowest BCUT2D eigenvalue weighted by atomic mass is 10.2. The van der Waals surface area contributed by atoms with Crippen LogP contribution in [0.3, 0.4) is 0 Å². The molecule has 0 aliphatic heterocycles. The summed E-state index contributed by atoms with van der Waals surface area (Å²) in [5, 5.41) is 11.5. The topological polar surface area (TPSA) is 94.1 Å². The van der Waals surface area contributed by atoms with Crippen molar-refractivity contribution in [2.45, 2.75) is 38.8 Å². The maximum atomic E-state index is 13.1. The highest BCUT2D eigenvalue weighted by molar-refractivity contribution is 7.89. The number of benzene rings is 1. The van der Waals surface area contributed by atoms with Crippen LogP contribution in [-0.2, 0) is 16.6 Å². The van der Waals surface area contributed by atoms with Crippen LogP contribution in [0, 0.1) is 13.8 Å². The maximum absolute atomic E-state index is 13.1. The molecule has 3 aromatic rings. The van der Waals surface area contributed by atoms with Crippen LogP contribution >= 0.6 is 0 Å². The van der Waals surface area contributed by atoms with E-state index in [1.54, 1.807) is 19.1 Å². The fraction of sp³-hybridized carbons (Fsp3) is 0.353. The van der Waals surface area contributed by atoms with Crippen LogP contribution in [0.25, 0.3) is 11.5 Å². The molecule has 150 valence electrons. The van der Waals surface area contributed by atoms with Gasteiger partial charge in [-0.2, -0.15) is 18.2 Å². The SMILES string of the molecule is CCN(Cc1nnc(-c2ccccc2)o1)S(=O)(=O)c1c(C)nn(C(F)F)c1C. The van der Waals surface area contributed by atoms with Crippen molar-refractivity contribution < 1.29 is 21.6 Å². The van der Waals surface area contributed by atoms with Gasteiger partial charge >= 0.3 is 6.55 Å². The molecule has 8 nitrogen and oxygen atoms in total. The zero-order valence-electron chi connectivity index (χ0n) is 15.5. The zero-order valence-corrected chi connectivity index (χ0v) is 16.3. The van der Waals surface area contributed by atoms with Crippen molar-refractivity contribution in [1.82, 2.24) is 24.3 Å². The number of halogens is 2. The largest absolute Gasteiger partial charge is 0.419 e. The van der Waals surface area contributed by atoms with Gasteiger partial charge < -0.3 is 4.42 Å². The van der Waals surface area contributed by atoms with Crippen molar-refractivity contribution in [3.63, 3.8) is 0 Å². The Morgan fingerprint density at radius 1 is 1.18 bits per heavy atom. The molecule has 2 aromatic heterocycles. The van der Waals surface area contributed by atoms with Gasteiger partial charge in [-0.15, -0.1) is 10.2 Å². The van der Waals surface area contributed by atoms with Gasteiger partial charge in [0.05, 0.1) is 17.9 Å². The molecule has 0 fully saturated rings. The summed E-state index contributed by atoms with van der Waals surface area (Å²) in [6.45, 7) is 1.29. The molecule has 0 amide bonds. The number of hydrogen-bond donors (Lipinski definition) is 0. The van der Waals surface area contributed by atoms with Gasteiger partial charge in [0.1, 0.15) is 4.90 Å². The summed E-state index contributed by atoms with van der Waals surface area (Å²) in [7, 11) is -4.09. The Morgan fingerprint density at radius 3 is 2.43 bits per heavy atom. The number of rotatable bonds is 7. The average molecular weight is 411 g/mol. The molecule has 0 aliphatic carbocycles. The quantitative estimate of drug-likeness (QED) is 0.593. The summed E-state index contributed by atoms with van der Waals surface area (Å²) >= 11 is 0. The molecule has 1 aromatic carbocycles. The lowest BCUT2D eigenvalue weighted by Gasteiger charge is -2.19. The highest BCUT2D eigenvalue weighted by atomic mass is 32.2. The summed E-state index contributed by atoms with van der Waals surface area (Å²) in [4.78, 5) is -0.238. The smallest absolute Gasteiger partial charge is 0.333 e. The van der Waals surface area contributed by atoms with Crippen LogP contribution in [0.15, 0.2) is 39.6 Å². The number of sulfonamides is 1. The van der Waals surface area contributed by atoms with Crippen LogP contribution in [0.2, 0.25) is 0 Å². The van der Waals surface area contributed by atoms with Crippen LogP contribution in [-0.4, -0.2) is 39.2 Å². The summed E-state index contributed by atoms with van der Waals surface area (Å²) < 4.78 is 59.3. The molecule has 3 rings (SSSR count). The molecule has 0 spiro atoms. The number of nitrogens with zero attached hydrogens (tertiary/aromatic N) is 5. The molecule has 0 bridgehead atoms. The Kier molecular flexibility index (Phi) is 5.57. The van der Waals surface area contributed by atoms with Gasteiger partial charge in [0, 0.05) is 12.1 Å². The van der Waals surface area contributed by atoms with E-state index in [2.05, 4.69) is 15.3 Å². The molecule has 0 atom stereocenters. The Morgan fingerprint density at radius 2 is 1.86 bits per heavy atom. The fourth-order valence-corrected chi connectivity index (χ4v) is 4.63. The first kappa shape index (κ1) is 20.1. The van der Waals surface area contributed by atoms with Crippen molar-refractivity contribution in [2.24, 2.45) is 0 Å². The monoisotopic (exact) mass is 411 g/mol. The van der Waals surface area contributed by atoms with Crippen LogP contribution in [0.4, 0.5) is 8.78 Å². The van der Waals surface area contributed by atoms with E-state index >= 15 is 0 Å². The molecule has 0 unspecified atom stereocenters. The molecule has 0 radical (unpaired) electrons. The van der Waals surface area contributed by atoms with E-state index in [1.807, 2.05) is 18.2 Å². The van der Waals surface area contributed by atoms with Crippen molar-refractivity contribution in [3.8, 4) is 11.5 Å². The first-order chi connectivity index (χ1) is 13.3. The van der Waals surface area contributed by atoms with Gasteiger partial charge in [-0.1, -0.05) is 25.1 Å². The van der Waals surface area contributed by atoms with Crippen molar-refractivity contribution in [2.75, 3.05) is 6.54 Å². The number of hydrogen-bond acceptors (Lipinski definition) is 6. The summed E-state index contributed by atoms with van der Waals surface area (Å²) in [5.74, 6) is 0.364. The summed E-state index contributed by atoms with van der Waals surface area (Å²) in [6, 6.07) is 9.05. The van der Waals surface area contributed by atoms with Gasteiger partial charge in [-0.25, -0.2) is 13.1 Å². The van der Waals surface area contributed by atoms with E-state index < -0.39 is 16.6 Å². The second-order valence-corrected chi connectivity index (χ2v) is 7.90. The lowest BCUT2D eigenvalue weighted by molar-refractivity contribution is 0.0538. The summed E-state index contributed by atoms with van der Waals surface area (Å²) in [5.41, 5.74) is 0.588. The van der Waals surface area contributed by atoms with Gasteiger partial charge in [0.25, 0.3) is 0 Å². The van der Waals surface area contributed by atoms with Crippen molar-refractivity contribution >= 4 is 10.0 Å². The van der Waals surface area contributed by atoms with Gasteiger partial charge in [0.15, 0.2) is 0 Å². The molecular formula is C17H19F2N5O3S. The Hall–Kier alpha value is -2.66. The number of aromatic nitrogens is 4. The highest BCUT2D eigenvalue weighted by Crippen LogP contribution is 2.27. The normalized spacial score (nSPS) is 12.2. The van der Waals surface area contributed by atoms with E-state index in [0.29, 0.717) is 10.2 Å². The molecule has 0 N–H and O–H groups in total. The van der Waals surface area contributed by atoms with Gasteiger partial charge in [-0.3, -0.25) is 0 Å². The second-order valence-electron chi connectivity index (χ2n) is 6.02. The Balaban J connectivity index is 1.91. The standard InChI is InChI=1S/C17H19F2N5O3S/c1-4-23(10-14-20-21-16(27-14)13-8-6-5-7-9-13)28(25,26)15-11(2)22-24(12(15)3)17(18)19/h5-9,17H,4,10H2,1-3H3. The molecular weight excluding hydrogens is 392 g/mol. The van der Waals surface area contributed by atoms with E-state index in [0.717, 1.165) is 4.31 Å². The molecule has 0 aliphatic rings. The first-order valence-corrected chi connectivity index (χ1v) is 9.91. The van der Waals surface area contributed by atoms with E-state index in [9.17, 15) is 17.2 Å². The minimum atomic E-state index is -4.09. The van der Waals surface area contributed by atoms with Gasteiger partial charge in [-0.05, 0) is 26.0 Å². The fourth-order valence-electron chi connectivity index (χ4n) is 2.87. The van der Waals surface area contributed by atoms with Crippen LogP contribution < -0.4 is 0 Å². The average Bonchev–Trinajstić information content (AvgIpc) is 3.24. The van der Waals surface area contributed by atoms with Gasteiger partial charge in [0.2, 0.25) is 21.8 Å². The molecule has 0 saturated heterocycles. The van der Waals surface area contributed by atoms with E-state index in [-0.39, 0.29) is 41.2 Å². The Labute approximate surface area is 160 Å². The van der Waals surface area contributed by atoms with E-state index in [4.69, 9.17) is 4.42 Å². The minimum Gasteiger partial charge on any atom is -0.419 e. The third-order valence-corrected chi connectivity index (χ3v) is 6.37. The summed E-state index contributed by atoms with van der Waals surface area (Å²) in [6.07, 6.45) is 0. The third-order valence-electron chi connectivity index (χ3n) is 4.19. The predicted molar refractivity (Wildman–Crippen MR) is 96.0 cm³/mol. The second kappa shape index (κ2) is 7.76. The number of aryl methyl sites for hydroxylation is 1. The third kappa shape index (κ3) is 3.67. The van der Waals surface area contributed by atoms with Crippen LogP contribution in [0.5, 0.6) is 0 Å². The Bertz CT molecular complexity index is 1060.